The average molecular weight is 535 g/mol. The summed E-state index contributed by atoms with van der Waals surface area (Å²) in [6, 6.07) is 7.67. The van der Waals surface area contributed by atoms with E-state index in [4.69, 9.17) is 11.6 Å². The number of sulfone groups is 1. The molecule has 0 radical (unpaired) electrons. The Labute approximate surface area is 214 Å². The van der Waals surface area contributed by atoms with Gasteiger partial charge in [-0.25, -0.2) is 17.8 Å². The van der Waals surface area contributed by atoms with Crippen molar-refractivity contribution in [2.45, 2.75) is 45.7 Å². The van der Waals surface area contributed by atoms with Gasteiger partial charge in [0.2, 0.25) is 5.82 Å². The van der Waals surface area contributed by atoms with Crippen molar-refractivity contribution in [3.8, 4) is 11.4 Å². The van der Waals surface area contributed by atoms with Crippen LogP contribution in [0.1, 0.15) is 47.4 Å². The molecule has 1 aliphatic carbocycles. The third-order valence-electron chi connectivity index (χ3n) is 6.26. The molecule has 1 saturated carbocycles. The summed E-state index contributed by atoms with van der Waals surface area (Å²) in [6.07, 6.45) is 4.90. The van der Waals surface area contributed by atoms with Crippen LogP contribution in [0.25, 0.3) is 11.4 Å². The molecular weight excluding hydrogens is 507 g/mol. The van der Waals surface area contributed by atoms with Gasteiger partial charge < -0.3 is 5.32 Å². The minimum absolute atomic E-state index is 0.00572. The van der Waals surface area contributed by atoms with Crippen molar-refractivity contribution < 1.29 is 17.6 Å². The molecule has 0 bridgehead atoms. The number of carbonyl (C=O) groups is 1. The van der Waals surface area contributed by atoms with Crippen LogP contribution in [-0.4, -0.2) is 51.5 Å². The van der Waals surface area contributed by atoms with E-state index in [2.05, 4.69) is 25.7 Å². The van der Waals surface area contributed by atoms with E-state index in [1.54, 1.807) is 29.9 Å². The van der Waals surface area contributed by atoms with Crippen molar-refractivity contribution in [1.82, 2.24) is 30.5 Å². The number of carbonyl (C=O) groups excluding carboxylic acids is 1. The quantitative estimate of drug-likeness (QED) is 0.468. The van der Waals surface area contributed by atoms with E-state index in [1.165, 1.54) is 18.4 Å². The SMILES string of the molecule is Cc1cc(-c2nnn(CC3CCC(CS(C)(=O)=O)CC3)n2)cc(C(=O)NCc2ccc(F)c(Cl)c2)n1. The van der Waals surface area contributed by atoms with E-state index in [0.29, 0.717) is 35.1 Å². The highest BCUT2D eigenvalue weighted by atomic mass is 35.5. The van der Waals surface area contributed by atoms with E-state index in [1.807, 2.05) is 0 Å². The van der Waals surface area contributed by atoms with Crippen LogP contribution in [0, 0.1) is 24.6 Å². The lowest BCUT2D eigenvalue weighted by molar-refractivity contribution is 0.0945. The number of halogens is 2. The molecule has 1 N–H and O–H groups in total. The van der Waals surface area contributed by atoms with Crippen LogP contribution in [0.2, 0.25) is 5.02 Å². The Morgan fingerprint density at radius 1 is 1.17 bits per heavy atom. The van der Waals surface area contributed by atoms with Gasteiger partial charge in [-0.05, 0) is 79.5 Å². The van der Waals surface area contributed by atoms with Crippen LogP contribution >= 0.6 is 11.6 Å². The third-order valence-corrected chi connectivity index (χ3v) is 7.63. The molecule has 0 unspecified atom stereocenters. The lowest BCUT2D eigenvalue weighted by Crippen LogP contribution is -2.24. The van der Waals surface area contributed by atoms with Crippen LogP contribution in [0.5, 0.6) is 0 Å². The van der Waals surface area contributed by atoms with E-state index >= 15 is 0 Å². The van der Waals surface area contributed by atoms with Gasteiger partial charge in [-0.2, -0.15) is 4.80 Å². The zero-order valence-corrected chi connectivity index (χ0v) is 21.7. The Morgan fingerprint density at radius 3 is 2.58 bits per heavy atom. The van der Waals surface area contributed by atoms with Gasteiger partial charge in [0.15, 0.2) is 0 Å². The topological polar surface area (TPSA) is 120 Å². The highest BCUT2D eigenvalue weighted by Gasteiger charge is 2.25. The second kappa shape index (κ2) is 11.0. The monoisotopic (exact) mass is 534 g/mol. The fourth-order valence-corrected chi connectivity index (χ4v) is 5.91. The average Bonchev–Trinajstić information content (AvgIpc) is 3.28. The van der Waals surface area contributed by atoms with Crippen LogP contribution < -0.4 is 5.32 Å². The zero-order chi connectivity index (χ0) is 25.9. The summed E-state index contributed by atoms with van der Waals surface area (Å²) in [5.41, 5.74) is 2.12. The van der Waals surface area contributed by atoms with E-state index in [9.17, 15) is 17.6 Å². The first-order valence-corrected chi connectivity index (χ1v) is 14.2. The van der Waals surface area contributed by atoms with Gasteiger partial charge in [0.1, 0.15) is 21.3 Å². The molecule has 1 fully saturated rings. The van der Waals surface area contributed by atoms with Crippen LogP contribution in [-0.2, 0) is 22.9 Å². The highest BCUT2D eigenvalue weighted by Crippen LogP contribution is 2.30. The van der Waals surface area contributed by atoms with Gasteiger partial charge in [-0.1, -0.05) is 17.7 Å². The fraction of sp³-hybridized carbons (Fsp3) is 0.458. The molecule has 3 aromatic rings. The maximum atomic E-state index is 13.3. The Morgan fingerprint density at radius 2 is 1.89 bits per heavy atom. The molecule has 36 heavy (non-hydrogen) atoms. The van der Waals surface area contributed by atoms with E-state index in [0.717, 1.165) is 25.7 Å². The third kappa shape index (κ3) is 7.07. The molecule has 0 atom stereocenters. The number of hydrogen-bond acceptors (Lipinski definition) is 7. The van der Waals surface area contributed by atoms with Gasteiger partial charge >= 0.3 is 0 Å². The van der Waals surface area contributed by atoms with E-state index < -0.39 is 21.6 Å². The normalized spacial score (nSPS) is 18.2. The summed E-state index contributed by atoms with van der Waals surface area (Å²) >= 11 is 5.80. The molecular formula is C24H28ClFN6O3S. The van der Waals surface area contributed by atoms with Crippen molar-refractivity contribution in [2.75, 3.05) is 12.0 Å². The molecule has 0 saturated heterocycles. The second-order valence-electron chi connectivity index (χ2n) is 9.46. The first-order chi connectivity index (χ1) is 17.1. The number of hydrogen-bond donors (Lipinski definition) is 1. The van der Waals surface area contributed by atoms with Gasteiger partial charge in [-0.3, -0.25) is 4.79 Å². The summed E-state index contributed by atoms with van der Waals surface area (Å²) in [7, 11) is -2.95. The van der Waals surface area contributed by atoms with Crippen molar-refractivity contribution in [3.05, 3.63) is 58.1 Å². The molecule has 1 aliphatic rings. The molecule has 0 aliphatic heterocycles. The summed E-state index contributed by atoms with van der Waals surface area (Å²) < 4.78 is 36.4. The number of pyridine rings is 1. The predicted octanol–water partition coefficient (Wildman–Crippen LogP) is 3.62. The number of benzene rings is 1. The Hall–Kier alpha value is -2.92. The maximum Gasteiger partial charge on any atom is 0.270 e. The van der Waals surface area contributed by atoms with E-state index in [-0.39, 0.29) is 28.9 Å². The fourth-order valence-electron chi connectivity index (χ4n) is 4.51. The second-order valence-corrected chi connectivity index (χ2v) is 12.1. The Balaban J connectivity index is 1.38. The number of nitrogens with one attached hydrogen (secondary N) is 1. The lowest BCUT2D eigenvalue weighted by atomic mass is 9.83. The summed E-state index contributed by atoms with van der Waals surface area (Å²) in [6.45, 7) is 2.56. The van der Waals surface area contributed by atoms with Crippen molar-refractivity contribution in [2.24, 2.45) is 11.8 Å². The minimum atomic E-state index is -2.95. The molecule has 1 aromatic carbocycles. The van der Waals surface area contributed by atoms with Gasteiger partial charge in [0.25, 0.3) is 5.91 Å². The summed E-state index contributed by atoms with van der Waals surface area (Å²) in [5, 5.41) is 15.6. The van der Waals surface area contributed by atoms with Gasteiger partial charge in [0.05, 0.1) is 17.3 Å². The van der Waals surface area contributed by atoms with Crippen molar-refractivity contribution in [1.29, 1.82) is 0 Å². The maximum absolute atomic E-state index is 13.3. The summed E-state index contributed by atoms with van der Waals surface area (Å²) in [4.78, 5) is 18.6. The molecule has 0 spiro atoms. The largest absolute Gasteiger partial charge is 0.347 e. The number of amides is 1. The first-order valence-electron chi connectivity index (χ1n) is 11.7. The van der Waals surface area contributed by atoms with Gasteiger partial charge in [-0.15, -0.1) is 10.2 Å². The number of aryl methyl sites for hydroxylation is 1. The highest BCUT2D eigenvalue weighted by molar-refractivity contribution is 7.90. The number of nitrogens with zero attached hydrogens (tertiary/aromatic N) is 5. The van der Waals surface area contributed by atoms with Crippen LogP contribution in [0.15, 0.2) is 30.3 Å². The molecule has 192 valence electrons. The van der Waals surface area contributed by atoms with Crippen LogP contribution in [0.4, 0.5) is 4.39 Å². The van der Waals surface area contributed by atoms with Crippen molar-refractivity contribution >= 4 is 27.3 Å². The first kappa shape index (κ1) is 26.2. The number of aromatic nitrogens is 5. The standard InChI is InChI=1S/C24H28ClFN6O3S/c1-15-9-19(11-22(28-15)24(33)27-12-18-7-8-21(26)20(25)10-18)23-29-31-32(30-23)13-16-3-5-17(6-4-16)14-36(2,34)35/h7-11,16-17H,3-6,12-14H2,1-2H3,(H,27,33). The predicted molar refractivity (Wildman–Crippen MR) is 134 cm³/mol. The minimum Gasteiger partial charge on any atom is -0.347 e. The zero-order valence-electron chi connectivity index (χ0n) is 20.1. The van der Waals surface area contributed by atoms with Crippen LogP contribution in [0.3, 0.4) is 0 Å². The van der Waals surface area contributed by atoms with Crippen molar-refractivity contribution in [3.63, 3.8) is 0 Å². The number of rotatable bonds is 8. The lowest BCUT2D eigenvalue weighted by Gasteiger charge is -2.27. The molecule has 4 rings (SSSR count). The summed E-state index contributed by atoms with van der Waals surface area (Å²) in [5.74, 6) is 0.324. The Bertz CT molecular complexity index is 1360. The molecule has 9 nitrogen and oxygen atoms in total. The molecule has 1 amide bonds. The number of tetrazole rings is 1. The van der Waals surface area contributed by atoms with Gasteiger partial charge in [0, 0.05) is 24.1 Å². The Kier molecular flexibility index (Phi) is 7.99. The molecule has 2 aromatic heterocycles. The molecule has 2 heterocycles. The molecule has 12 heteroatoms. The smallest absolute Gasteiger partial charge is 0.270 e.